The number of benzene rings is 2. The summed E-state index contributed by atoms with van der Waals surface area (Å²) in [5, 5.41) is 9.20. The third-order valence-corrected chi connectivity index (χ3v) is 7.93. The van der Waals surface area contributed by atoms with Crippen molar-refractivity contribution in [3.05, 3.63) is 77.7 Å². The SMILES string of the molecule is O=C(c1ccccc1)c1nnc(C23CC4CCCC(C2)C(C4)C3)nc1-c1ccccc1. The van der Waals surface area contributed by atoms with Crippen LogP contribution in [0.25, 0.3) is 11.3 Å². The zero-order valence-electron chi connectivity index (χ0n) is 17.7. The van der Waals surface area contributed by atoms with Gasteiger partial charge in [0, 0.05) is 16.5 Å². The molecule has 156 valence electrons. The largest absolute Gasteiger partial charge is 0.287 e. The minimum absolute atomic E-state index is 0.0452. The van der Waals surface area contributed by atoms with Gasteiger partial charge in [-0.1, -0.05) is 79.9 Å². The normalized spacial score (nSPS) is 29.0. The minimum atomic E-state index is -0.117. The molecule has 3 aliphatic carbocycles. The molecule has 0 aliphatic heterocycles. The summed E-state index contributed by atoms with van der Waals surface area (Å²) in [5.74, 6) is 3.17. The van der Waals surface area contributed by atoms with Gasteiger partial charge < -0.3 is 0 Å². The first-order valence-corrected chi connectivity index (χ1v) is 11.6. The van der Waals surface area contributed by atoms with Gasteiger partial charge in [-0.15, -0.1) is 10.2 Å². The van der Waals surface area contributed by atoms with E-state index in [1.807, 2.05) is 60.7 Å². The van der Waals surface area contributed by atoms with Gasteiger partial charge in [0.25, 0.3) is 0 Å². The van der Waals surface area contributed by atoms with Crippen molar-refractivity contribution in [1.29, 1.82) is 0 Å². The summed E-state index contributed by atoms with van der Waals surface area (Å²) < 4.78 is 0. The van der Waals surface area contributed by atoms with Crippen molar-refractivity contribution in [2.45, 2.75) is 50.4 Å². The first kappa shape index (κ1) is 18.9. The summed E-state index contributed by atoms with van der Waals surface area (Å²) in [6.07, 6.45) is 9.02. The average molecular weight is 410 g/mol. The van der Waals surface area contributed by atoms with Gasteiger partial charge in [0.2, 0.25) is 5.78 Å². The zero-order valence-corrected chi connectivity index (χ0v) is 17.7. The van der Waals surface area contributed by atoms with Gasteiger partial charge in [-0.3, -0.25) is 4.79 Å². The van der Waals surface area contributed by atoms with Crippen molar-refractivity contribution in [3.8, 4) is 11.3 Å². The molecule has 0 radical (unpaired) electrons. The first-order valence-electron chi connectivity index (χ1n) is 11.6. The number of aromatic nitrogens is 3. The van der Waals surface area contributed by atoms with Crippen molar-refractivity contribution in [2.75, 3.05) is 0 Å². The lowest BCUT2D eigenvalue weighted by Gasteiger charge is -2.36. The fourth-order valence-electron chi connectivity index (χ4n) is 6.65. The van der Waals surface area contributed by atoms with Gasteiger partial charge in [0.1, 0.15) is 5.69 Å². The van der Waals surface area contributed by atoms with E-state index in [0.29, 0.717) is 17.0 Å². The standard InChI is InChI=1S/C27H27N3O/c31-25(20-11-5-2-6-12-20)24-23(19-9-3-1-4-10-19)28-26(30-29-24)27-15-18-8-7-13-21(16-27)22(14-18)17-27/h1-6,9-12,18,21-22H,7-8,13-17H2. The molecule has 4 atom stereocenters. The van der Waals surface area contributed by atoms with Crippen LogP contribution in [0.3, 0.4) is 0 Å². The maximum Gasteiger partial charge on any atom is 0.215 e. The van der Waals surface area contributed by atoms with E-state index in [0.717, 1.165) is 29.1 Å². The Morgan fingerprint density at radius 3 is 2.39 bits per heavy atom. The van der Waals surface area contributed by atoms with E-state index in [4.69, 9.17) is 4.98 Å². The molecule has 4 unspecified atom stereocenters. The molecule has 1 aromatic heterocycles. The molecule has 3 saturated carbocycles. The maximum atomic E-state index is 13.3. The molecule has 3 aromatic rings. The second-order valence-corrected chi connectivity index (χ2v) is 9.84. The van der Waals surface area contributed by atoms with E-state index in [2.05, 4.69) is 10.2 Å². The van der Waals surface area contributed by atoms with Crippen LogP contribution in [0.2, 0.25) is 0 Å². The average Bonchev–Trinajstić information content (AvgIpc) is 3.00. The van der Waals surface area contributed by atoms with Crippen LogP contribution in [0.15, 0.2) is 60.7 Å². The highest BCUT2D eigenvalue weighted by Gasteiger charge is 2.54. The highest BCUT2D eigenvalue weighted by molar-refractivity contribution is 6.10. The number of nitrogens with zero attached hydrogens (tertiary/aromatic N) is 3. The first-order chi connectivity index (χ1) is 15.2. The van der Waals surface area contributed by atoms with Crippen molar-refractivity contribution >= 4 is 5.78 Å². The van der Waals surface area contributed by atoms with Gasteiger partial charge in [-0.25, -0.2) is 4.98 Å². The number of fused-ring (bicyclic) bond motifs is 2. The molecule has 0 spiro atoms. The lowest BCUT2D eigenvalue weighted by Crippen LogP contribution is -2.33. The fourth-order valence-corrected chi connectivity index (χ4v) is 6.65. The summed E-state index contributed by atoms with van der Waals surface area (Å²) in [7, 11) is 0. The topological polar surface area (TPSA) is 55.7 Å². The Bertz CT molecular complexity index is 1110. The van der Waals surface area contributed by atoms with E-state index in [-0.39, 0.29) is 11.2 Å². The predicted octanol–water partition coefficient (Wildman–Crippen LogP) is 5.63. The summed E-state index contributed by atoms with van der Waals surface area (Å²) in [5.41, 5.74) is 2.62. The van der Waals surface area contributed by atoms with Crippen LogP contribution in [-0.4, -0.2) is 21.0 Å². The third-order valence-electron chi connectivity index (χ3n) is 7.93. The number of hydrogen-bond donors (Lipinski definition) is 0. The molecule has 3 aliphatic rings. The molecule has 3 bridgehead atoms. The summed E-state index contributed by atoms with van der Waals surface area (Å²) >= 11 is 0. The van der Waals surface area contributed by atoms with Gasteiger partial charge >= 0.3 is 0 Å². The number of hydrogen-bond acceptors (Lipinski definition) is 4. The molecular weight excluding hydrogens is 382 g/mol. The fraction of sp³-hybridized carbons (Fsp3) is 0.407. The van der Waals surface area contributed by atoms with Gasteiger partial charge in [-0.2, -0.15) is 0 Å². The molecule has 31 heavy (non-hydrogen) atoms. The summed E-state index contributed by atoms with van der Waals surface area (Å²) in [6.45, 7) is 0. The molecule has 1 heterocycles. The quantitative estimate of drug-likeness (QED) is 0.524. The monoisotopic (exact) mass is 409 g/mol. The molecule has 4 heteroatoms. The van der Waals surface area contributed by atoms with Gasteiger partial charge in [-0.05, 0) is 43.4 Å². The Labute approximate surface area is 183 Å². The number of ketones is 1. The lowest BCUT2D eigenvalue weighted by atomic mass is 9.69. The molecular formula is C27H27N3O. The van der Waals surface area contributed by atoms with E-state index in [9.17, 15) is 4.79 Å². The van der Waals surface area contributed by atoms with Gasteiger partial charge in [0.15, 0.2) is 11.5 Å². The summed E-state index contributed by atoms with van der Waals surface area (Å²) in [4.78, 5) is 18.4. The minimum Gasteiger partial charge on any atom is -0.287 e. The molecule has 0 saturated heterocycles. The molecule has 2 aromatic carbocycles. The smallest absolute Gasteiger partial charge is 0.215 e. The van der Waals surface area contributed by atoms with Crippen LogP contribution in [0.4, 0.5) is 0 Å². The van der Waals surface area contributed by atoms with Crippen LogP contribution in [0.5, 0.6) is 0 Å². The Morgan fingerprint density at radius 1 is 0.839 bits per heavy atom. The van der Waals surface area contributed by atoms with Crippen molar-refractivity contribution in [3.63, 3.8) is 0 Å². The molecule has 6 rings (SSSR count). The Morgan fingerprint density at radius 2 is 1.58 bits per heavy atom. The van der Waals surface area contributed by atoms with Crippen molar-refractivity contribution in [1.82, 2.24) is 15.2 Å². The number of carbonyl (C=O) groups is 1. The number of rotatable bonds is 4. The van der Waals surface area contributed by atoms with Gasteiger partial charge in [0.05, 0.1) is 0 Å². The van der Waals surface area contributed by atoms with E-state index in [1.54, 1.807) is 0 Å². The van der Waals surface area contributed by atoms with E-state index in [1.165, 1.54) is 44.9 Å². The Kier molecular flexibility index (Phi) is 4.48. The van der Waals surface area contributed by atoms with Crippen molar-refractivity contribution < 1.29 is 4.79 Å². The Hall–Kier alpha value is -2.88. The maximum absolute atomic E-state index is 13.3. The highest BCUT2D eigenvalue weighted by atomic mass is 16.1. The lowest BCUT2D eigenvalue weighted by molar-refractivity contribution is 0.103. The molecule has 3 fully saturated rings. The van der Waals surface area contributed by atoms with Crippen LogP contribution in [0, 0.1) is 17.8 Å². The van der Waals surface area contributed by atoms with Crippen LogP contribution >= 0.6 is 0 Å². The molecule has 0 amide bonds. The second kappa shape index (κ2) is 7.37. The van der Waals surface area contributed by atoms with Crippen LogP contribution < -0.4 is 0 Å². The third kappa shape index (κ3) is 3.20. The molecule has 4 nitrogen and oxygen atoms in total. The van der Waals surface area contributed by atoms with Crippen LogP contribution in [0.1, 0.15) is 66.8 Å². The predicted molar refractivity (Wildman–Crippen MR) is 120 cm³/mol. The second-order valence-electron chi connectivity index (χ2n) is 9.84. The zero-order chi connectivity index (χ0) is 20.8. The highest BCUT2D eigenvalue weighted by Crippen LogP contribution is 2.60. The van der Waals surface area contributed by atoms with E-state index >= 15 is 0 Å². The Balaban J connectivity index is 1.46. The summed E-state index contributed by atoms with van der Waals surface area (Å²) in [6, 6.07) is 19.3. The number of carbonyl (C=O) groups excluding carboxylic acids is 1. The van der Waals surface area contributed by atoms with Crippen LogP contribution in [-0.2, 0) is 5.41 Å². The van der Waals surface area contributed by atoms with Crippen molar-refractivity contribution in [2.24, 2.45) is 17.8 Å². The molecule has 0 N–H and O–H groups in total. The van der Waals surface area contributed by atoms with E-state index < -0.39 is 0 Å².